The number of aryl methyl sites for hydroxylation is 2. The summed E-state index contributed by atoms with van der Waals surface area (Å²) < 4.78 is 57.6. The summed E-state index contributed by atoms with van der Waals surface area (Å²) in [6.45, 7) is 1.76. The van der Waals surface area contributed by atoms with Crippen molar-refractivity contribution in [1.29, 1.82) is 0 Å². The molecule has 0 aliphatic rings. The highest BCUT2D eigenvalue weighted by Crippen LogP contribution is 2.36. The number of benzene rings is 2. The summed E-state index contributed by atoms with van der Waals surface area (Å²) in [5, 5.41) is 4.20. The monoisotopic (exact) mass is 351 g/mol. The van der Waals surface area contributed by atoms with Crippen molar-refractivity contribution in [2.75, 3.05) is 0 Å². The van der Waals surface area contributed by atoms with E-state index in [0.29, 0.717) is 17.2 Å². The van der Waals surface area contributed by atoms with Crippen LogP contribution < -0.4 is 4.74 Å². The summed E-state index contributed by atoms with van der Waals surface area (Å²) in [5.41, 5.74) is 0.455. The fourth-order valence-corrected chi connectivity index (χ4v) is 2.36. The Bertz CT molecular complexity index is 899. The minimum atomic E-state index is -4.87. The average molecular weight is 351 g/mol. The second-order valence-electron chi connectivity index (χ2n) is 5.34. The van der Waals surface area contributed by atoms with Gasteiger partial charge in [0.15, 0.2) is 5.82 Å². The molecule has 4 nitrogen and oxygen atoms in total. The fourth-order valence-electron chi connectivity index (χ4n) is 2.36. The molecule has 2 aromatic carbocycles. The van der Waals surface area contributed by atoms with Crippen molar-refractivity contribution in [1.82, 2.24) is 14.8 Å². The minimum Gasteiger partial charge on any atom is -0.405 e. The largest absolute Gasteiger partial charge is 0.573 e. The van der Waals surface area contributed by atoms with Gasteiger partial charge in [-0.15, -0.1) is 13.2 Å². The zero-order chi connectivity index (χ0) is 18.2. The lowest BCUT2D eigenvalue weighted by Crippen LogP contribution is -2.17. The molecule has 0 amide bonds. The Labute approximate surface area is 140 Å². The third-order valence-electron chi connectivity index (χ3n) is 3.61. The number of ether oxygens (including phenoxy) is 1. The predicted molar refractivity (Wildman–Crippen MR) is 83.3 cm³/mol. The summed E-state index contributed by atoms with van der Waals surface area (Å²) in [4.78, 5) is 4.24. The lowest BCUT2D eigenvalue weighted by Gasteiger charge is -2.14. The highest BCUT2D eigenvalue weighted by atomic mass is 19.4. The van der Waals surface area contributed by atoms with E-state index in [1.165, 1.54) is 36.4 Å². The Morgan fingerprint density at radius 3 is 2.40 bits per heavy atom. The number of para-hydroxylation sites is 1. The first-order valence-corrected chi connectivity index (χ1v) is 7.27. The standard InChI is InChI=1S/C17H13F4N3O/c1-10-22-16(23-24(10)2)11-7-8-14(18)13(9-11)12-5-3-4-6-15(12)25-17(19,20)21/h3-9H,1-2H3. The van der Waals surface area contributed by atoms with Crippen molar-refractivity contribution in [3.05, 3.63) is 54.1 Å². The Morgan fingerprint density at radius 2 is 1.76 bits per heavy atom. The van der Waals surface area contributed by atoms with E-state index >= 15 is 0 Å². The molecule has 8 heteroatoms. The topological polar surface area (TPSA) is 39.9 Å². The number of hydrogen-bond donors (Lipinski definition) is 0. The predicted octanol–water partition coefficient (Wildman–Crippen LogP) is 4.50. The second kappa shape index (κ2) is 6.19. The summed E-state index contributed by atoms with van der Waals surface area (Å²) in [7, 11) is 1.71. The molecule has 0 atom stereocenters. The summed E-state index contributed by atoms with van der Waals surface area (Å²) in [5.74, 6) is -0.136. The first-order chi connectivity index (χ1) is 11.7. The number of aromatic nitrogens is 3. The van der Waals surface area contributed by atoms with Gasteiger partial charge in [-0.05, 0) is 31.2 Å². The van der Waals surface area contributed by atoms with Crippen molar-refractivity contribution in [2.45, 2.75) is 13.3 Å². The van der Waals surface area contributed by atoms with E-state index in [1.807, 2.05) is 0 Å². The van der Waals surface area contributed by atoms with Gasteiger partial charge in [0.25, 0.3) is 0 Å². The van der Waals surface area contributed by atoms with E-state index in [4.69, 9.17) is 0 Å². The zero-order valence-electron chi connectivity index (χ0n) is 13.3. The first-order valence-electron chi connectivity index (χ1n) is 7.27. The van der Waals surface area contributed by atoms with Crippen LogP contribution in [0.5, 0.6) is 5.75 Å². The molecular weight excluding hydrogens is 338 g/mol. The second-order valence-corrected chi connectivity index (χ2v) is 5.34. The van der Waals surface area contributed by atoms with Crippen LogP contribution in [0.3, 0.4) is 0 Å². The van der Waals surface area contributed by atoms with Crippen LogP contribution in [-0.4, -0.2) is 21.1 Å². The van der Waals surface area contributed by atoms with Gasteiger partial charge < -0.3 is 4.74 Å². The van der Waals surface area contributed by atoms with Crippen LogP contribution >= 0.6 is 0 Å². The molecular formula is C17H13F4N3O. The quantitative estimate of drug-likeness (QED) is 0.653. The van der Waals surface area contributed by atoms with Crippen LogP contribution in [0.1, 0.15) is 5.82 Å². The molecule has 0 saturated carbocycles. The molecule has 1 heterocycles. The van der Waals surface area contributed by atoms with E-state index in [2.05, 4.69) is 14.8 Å². The van der Waals surface area contributed by atoms with Crippen LogP contribution in [-0.2, 0) is 7.05 Å². The maximum Gasteiger partial charge on any atom is 0.573 e. The van der Waals surface area contributed by atoms with Crippen molar-refractivity contribution < 1.29 is 22.3 Å². The van der Waals surface area contributed by atoms with Crippen LogP contribution in [0.15, 0.2) is 42.5 Å². The molecule has 25 heavy (non-hydrogen) atoms. The Balaban J connectivity index is 2.10. The van der Waals surface area contributed by atoms with Gasteiger partial charge in [-0.3, -0.25) is 4.68 Å². The third kappa shape index (κ3) is 3.62. The Hall–Kier alpha value is -2.90. The molecule has 130 valence electrons. The maximum atomic E-state index is 14.3. The third-order valence-corrected chi connectivity index (χ3v) is 3.61. The highest BCUT2D eigenvalue weighted by Gasteiger charge is 2.32. The maximum absolute atomic E-state index is 14.3. The number of alkyl halides is 3. The van der Waals surface area contributed by atoms with Crippen molar-refractivity contribution in [2.24, 2.45) is 7.05 Å². The van der Waals surface area contributed by atoms with Gasteiger partial charge in [0.2, 0.25) is 0 Å². The normalized spacial score (nSPS) is 11.6. The van der Waals surface area contributed by atoms with Crippen molar-refractivity contribution in [3.8, 4) is 28.3 Å². The lowest BCUT2D eigenvalue weighted by molar-refractivity contribution is -0.274. The molecule has 0 fully saturated rings. The molecule has 0 spiro atoms. The minimum absolute atomic E-state index is 0.00757. The van der Waals surface area contributed by atoms with Crippen LogP contribution in [0.2, 0.25) is 0 Å². The van der Waals surface area contributed by atoms with Crippen LogP contribution in [0.4, 0.5) is 17.6 Å². The van der Waals surface area contributed by atoms with Crippen LogP contribution in [0, 0.1) is 12.7 Å². The van der Waals surface area contributed by atoms with Gasteiger partial charge >= 0.3 is 6.36 Å². The molecule has 3 aromatic rings. The Kier molecular flexibility index (Phi) is 4.20. The molecule has 0 N–H and O–H groups in total. The number of nitrogens with zero attached hydrogens (tertiary/aromatic N) is 3. The fraction of sp³-hybridized carbons (Fsp3) is 0.176. The average Bonchev–Trinajstić information content (AvgIpc) is 2.86. The molecule has 0 bridgehead atoms. The van der Waals surface area contributed by atoms with Crippen molar-refractivity contribution in [3.63, 3.8) is 0 Å². The Morgan fingerprint density at radius 1 is 1.04 bits per heavy atom. The molecule has 0 aliphatic carbocycles. The van der Waals surface area contributed by atoms with Gasteiger partial charge in [0, 0.05) is 23.7 Å². The number of halogens is 4. The summed E-state index contributed by atoms with van der Waals surface area (Å²) in [6, 6.07) is 9.44. The van der Waals surface area contributed by atoms with E-state index in [1.54, 1.807) is 18.7 Å². The summed E-state index contributed by atoms with van der Waals surface area (Å²) in [6.07, 6.45) is -4.87. The van der Waals surface area contributed by atoms with Gasteiger partial charge in [0.05, 0.1) is 0 Å². The summed E-state index contributed by atoms with van der Waals surface area (Å²) >= 11 is 0. The zero-order valence-corrected chi connectivity index (χ0v) is 13.3. The van der Waals surface area contributed by atoms with Gasteiger partial charge in [-0.2, -0.15) is 5.10 Å². The molecule has 0 radical (unpaired) electrons. The molecule has 0 unspecified atom stereocenters. The highest BCUT2D eigenvalue weighted by molar-refractivity contribution is 5.75. The lowest BCUT2D eigenvalue weighted by atomic mass is 10.0. The van der Waals surface area contributed by atoms with E-state index in [0.717, 1.165) is 6.07 Å². The smallest absolute Gasteiger partial charge is 0.405 e. The van der Waals surface area contributed by atoms with E-state index in [9.17, 15) is 17.6 Å². The molecule has 1 aromatic heterocycles. The van der Waals surface area contributed by atoms with Crippen molar-refractivity contribution >= 4 is 0 Å². The SMILES string of the molecule is Cc1nc(-c2ccc(F)c(-c3ccccc3OC(F)(F)F)c2)nn1C. The van der Waals surface area contributed by atoms with Gasteiger partial charge in [-0.25, -0.2) is 9.37 Å². The molecule has 3 rings (SSSR count). The molecule has 0 saturated heterocycles. The van der Waals surface area contributed by atoms with E-state index < -0.39 is 17.9 Å². The van der Waals surface area contributed by atoms with Gasteiger partial charge in [-0.1, -0.05) is 18.2 Å². The van der Waals surface area contributed by atoms with Crippen LogP contribution in [0.25, 0.3) is 22.5 Å². The molecule has 0 aliphatic heterocycles. The van der Waals surface area contributed by atoms with E-state index in [-0.39, 0.29) is 11.1 Å². The number of rotatable bonds is 3. The van der Waals surface area contributed by atoms with Gasteiger partial charge in [0.1, 0.15) is 17.4 Å². The first kappa shape index (κ1) is 16.9. The number of hydrogen-bond acceptors (Lipinski definition) is 3.